The zero-order valence-electron chi connectivity index (χ0n) is 16.0. The van der Waals surface area contributed by atoms with Gasteiger partial charge in [-0.2, -0.15) is 0 Å². The lowest BCUT2D eigenvalue weighted by Crippen LogP contribution is -2.02. The minimum atomic E-state index is 0. The fourth-order valence-electron chi connectivity index (χ4n) is 3.82. The summed E-state index contributed by atoms with van der Waals surface area (Å²) in [6.45, 7) is 6.36. The first kappa shape index (κ1) is 20.3. The summed E-state index contributed by atoms with van der Waals surface area (Å²) in [4.78, 5) is 0. The lowest BCUT2D eigenvalue weighted by Gasteiger charge is -2.15. The molecule has 0 aliphatic heterocycles. The lowest BCUT2D eigenvalue weighted by atomic mass is 9.91. The van der Waals surface area contributed by atoms with E-state index in [2.05, 4.69) is 37.3 Å². The van der Waals surface area contributed by atoms with E-state index in [9.17, 15) is 0 Å². The molecule has 2 fully saturated rings. The van der Waals surface area contributed by atoms with Crippen LogP contribution in [-0.4, -0.2) is 0 Å². The second-order valence-corrected chi connectivity index (χ2v) is 7.29. The Bertz CT molecular complexity index is 346. The van der Waals surface area contributed by atoms with Crippen molar-refractivity contribution >= 4 is 0 Å². The van der Waals surface area contributed by atoms with Crippen LogP contribution in [0.5, 0.6) is 0 Å². The SMILES string of the molecule is CC.CC1CCCCC1.[HH].c1ccc(CC2CCCCCC2)cc1. The van der Waals surface area contributed by atoms with E-state index in [0.29, 0.717) is 0 Å². The highest BCUT2D eigenvalue weighted by molar-refractivity contribution is 5.15. The third-order valence-electron chi connectivity index (χ3n) is 5.24. The van der Waals surface area contributed by atoms with Crippen molar-refractivity contribution in [3.8, 4) is 0 Å². The van der Waals surface area contributed by atoms with Gasteiger partial charge in [0.15, 0.2) is 0 Å². The van der Waals surface area contributed by atoms with Crippen LogP contribution < -0.4 is 0 Å². The smallest absolute Gasteiger partial charge is 0 e. The van der Waals surface area contributed by atoms with Crippen LogP contribution in [-0.2, 0) is 6.42 Å². The highest BCUT2D eigenvalue weighted by Gasteiger charge is 2.12. The van der Waals surface area contributed by atoms with Crippen LogP contribution in [0.4, 0.5) is 0 Å². The average molecular weight is 319 g/mol. The van der Waals surface area contributed by atoms with Crippen molar-refractivity contribution in [3.05, 3.63) is 35.9 Å². The molecule has 2 saturated carbocycles. The van der Waals surface area contributed by atoms with Crippen molar-refractivity contribution in [2.45, 2.75) is 97.8 Å². The maximum Gasteiger partial charge on any atom is 0 e. The van der Waals surface area contributed by atoms with Gasteiger partial charge < -0.3 is 0 Å². The molecule has 23 heavy (non-hydrogen) atoms. The highest BCUT2D eigenvalue weighted by Crippen LogP contribution is 2.25. The Kier molecular flexibility index (Phi) is 12.0. The summed E-state index contributed by atoms with van der Waals surface area (Å²) in [7, 11) is 0. The Morgan fingerprint density at radius 3 is 1.70 bits per heavy atom. The molecule has 0 saturated heterocycles. The molecule has 134 valence electrons. The molecule has 1 aromatic rings. The van der Waals surface area contributed by atoms with Crippen LogP contribution in [0.2, 0.25) is 0 Å². The van der Waals surface area contributed by atoms with Crippen molar-refractivity contribution in [2.75, 3.05) is 0 Å². The molecule has 2 aliphatic rings. The van der Waals surface area contributed by atoms with E-state index in [1.54, 1.807) is 0 Å². The number of hydrogen-bond acceptors (Lipinski definition) is 0. The Morgan fingerprint density at radius 1 is 0.739 bits per heavy atom. The molecule has 0 radical (unpaired) electrons. The molecular formula is C23H42. The van der Waals surface area contributed by atoms with Gasteiger partial charge in [0.25, 0.3) is 0 Å². The Hall–Kier alpha value is -0.780. The van der Waals surface area contributed by atoms with E-state index >= 15 is 0 Å². The molecule has 0 nitrogen and oxygen atoms in total. The van der Waals surface area contributed by atoms with Crippen molar-refractivity contribution in [3.63, 3.8) is 0 Å². The molecule has 0 unspecified atom stereocenters. The number of rotatable bonds is 2. The van der Waals surface area contributed by atoms with Crippen molar-refractivity contribution in [1.29, 1.82) is 0 Å². The van der Waals surface area contributed by atoms with E-state index in [4.69, 9.17) is 0 Å². The van der Waals surface area contributed by atoms with Crippen molar-refractivity contribution in [1.82, 2.24) is 0 Å². The monoisotopic (exact) mass is 318 g/mol. The van der Waals surface area contributed by atoms with E-state index in [1.165, 1.54) is 82.6 Å². The van der Waals surface area contributed by atoms with Crippen LogP contribution in [0.15, 0.2) is 30.3 Å². The first-order valence-corrected chi connectivity index (χ1v) is 10.4. The summed E-state index contributed by atoms with van der Waals surface area (Å²) >= 11 is 0. The third kappa shape index (κ3) is 9.84. The molecule has 0 atom stereocenters. The Labute approximate surface area is 147 Å². The third-order valence-corrected chi connectivity index (χ3v) is 5.24. The molecule has 0 aromatic heterocycles. The largest absolute Gasteiger partial charge is 0.0683 e. The van der Waals surface area contributed by atoms with E-state index < -0.39 is 0 Å². The molecule has 2 aliphatic carbocycles. The summed E-state index contributed by atoms with van der Waals surface area (Å²) in [6, 6.07) is 11.0. The summed E-state index contributed by atoms with van der Waals surface area (Å²) in [5, 5.41) is 0. The predicted molar refractivity (Wildman–Crippen MR) is 107 cm³/mol. The predicted octanol–water partition coefficient (Wildman–Crippen LogP) is 8.06. The minimum Gasteiger partial charge on any atom is -0.0683 e. The highest BCUT2D eigenvalue weighted by atomic mass is 14.2. The Morgan fingerprint density at radius 2 is 1.22 bits per heavy atom. The molecular weight excluding hydrogens is 276 g/mol. The van der Waals surface area contributed by atoms with E-state index in [1.807, 2.05) is 13.8 Å². The molecule has 0 N–H and O–H groups in total. The van der Waals surface area contributed by atoms with Gasteiger partial charge >= 0.3 is 0 Å². The summed E-state index contributed by atoms with van der Waals surface area (Å²) < 4.78 is 0. The second kappa shape index (κ2) is 13.6. The minimum absolute atomic E-state index is 0. The number of benzene rings is 1. The topological polar surface area (TPSA) is 0 Å². The van der Waals surface area contributed by atoms with Crippen molar-refractivity contribution in [2.24, 2.45) is 11.8 Å². The van der Waals surface area contributed by atoms with Gasteiger partial charge in [-0.15, -0.1) is 0 Å². The van der Waals surface area contributed by atoms with E-state index in [0.717, 1.165) is 11.8 Å². The molecule has 0 heteroatoms. The second-order valence-electron chi connectivity index (χ2n) is 7.29. The van der Waals surface area contributed by atoms with Gasteiger partial charge in [-0.1, -0.05) is 122 Å². The zero-order valence-corrected chi connectivity index (χ0v) is 16.0. The normalized spacial score (nSPS) is 19.6. The maximum absolute atomic E-state index is 2.36. The van der Waals surface area contributed by atoms with Crippen LogP contribution >= 0.6 is 0 Å². The molecule has 0 heterocycles. The van der Waals surface area contributed by atoms with Gasteiger partial charge in [0.1, 0.15) is 0 Å². The van der Waals surface area contributed by atoms with Crippen LogP contribution in [0.25, 0.3) is 0 Å². The van der Waals surface area contributed by atoms with E-state index in [-0.39, 0.29) is 1.43 Å². The quantitative estimate of drug-likeness (QED) is 0.484. The van der Waals surface area contributed by atoms with Crippen molar-refractivity contribution < 1.29 is 1.43 Å². The standard InChI is InChI=1S/C14H20.C7H14.C2H6.H2/c1-2-5-9-13(8-4-1)12-14-10-6-3-7-11-14;1-7-5-3-2-4-6-7;1-2;/h3,6-7,10-11,13H,1-2,4-5,8-9,12H2;7H,2-6H2,1H3;1-2H3;1H. The Balaban J connectivity index is 0.000000450. The molecule has 1 aromatic carbocycles. The van der Waals surface area contributed by atoms with Gasteiger partial charge in [0.2, 0.25) is 0 Å². The van der Waals surface area contributed by atoms with Gasteiger partial charge in [0.05, 0.1) is 0 Å². The zero-order chi connectivity index (χ0) is 16.8. The fraction of sp³-hybridized carbons (Fsp3) is 0.739. The maximum atomic E-state index is 2.36. The molecule has 0 bridgehead atoms. The first-order chi connectivity index (χ1) is 11.3. The number of hydrogen-bond donors (Lipinski definition) is 0. The van der Waals surface area contributed by atoms with Gasteiger partial charge in [0, 0.05) is 1.43 Å². The fourth-order valence-corrected chi connectivity index (χ4v) is 3.82. The summed E-state index contributed by atoms with van der Waals surface area (Å²) in [5.74, 6) is 1.99. The first-order valence-electron chi connectivity index (χ1n) is 10.4. The van der Waals surface area contributed by atoms with Gasteiger partial charge in [-0.3, -0.25) is 0 Å². The molecule has 3 rings (SSSR count). The van der Waals surface area contributed by atoms with Crippen LogP contribution in [0.1, 0.15) is 98.4 Å². The van der Waals surface area contributed by atoms with Gasteiger partial charge in [-0.05, 0) is 23.8 Å². The molecule has 0 amide bonds. The summed E-state index contributed by atoms with van der Waals surface area (Å²) in [5.41, 5.74) is 1.53. The van der Waals surface area contributed by atoms with Crippen LogP contribution in [0, 0.1) is 11.8 Å². The molecule has 0 spiro atoms. The van der Waals surface area contributed by atoms with Gasteiger partial charge in [-0.25, -0.2) is 0 Å². The van der Waals surface area contributed by atoms with Crippen LogP contribution in [0.3, 0.4) is 0 Å². The lowest BCUT2D eigenvalue weighted by molar-refractivity contribution is 0.385. The summed E-state index contributed by atoms with van der Waals surface area (Å²) in [6.07, 6.45) is 17.5. The average Bonchev–Trinajstić information content (AvgIpc) is 2.88.